The van der Waals surface area contributed by atoms with Gasteiger partial charge in [0, 0.05) is 19.0 Å². The van der Waals surface area contributed by atoms with Crippen LogP contribution >= 0.6 is 0 Å². The molecule has 1 heterocycles. The molecular weight excluding hydrogens is 308 g/mol. The summed E-state index contributed by atoms with van der Waals surface area (Å²) in [7, 11) is 0. The van der Waals surface area contributed by atoms with Gasteiger partial charge in [-0.05, 0) is 37.1 Å². The minimum Gasteiger partial charge on any atom is -0.352 e. The van der Waals surface area contributed by atoms with E-state index in [0.717, 1.165) is 38.0 Å². The molecule has 25 heavy (non-hydrogen) atoms. The summed E-state index contributed by atoms with van der Waals surface area (Å²) in [5.74, 6) is 0.349. The van der Waals surface area contributed by atoms with Gasteiger partial charge in [-0.25, -0.2) is 0 Å². The minimum absolute atomic E-state index is 0.151. The Bertz CT molecular complexity index is 674. The van der Waals surface area contributed by atoms with Crippen molar-refractivity contribution in [3.8, 4) is 0 Å². The van der Waals surface area contributed by atoms with E-state index in [1.54, 1.807) is 0 Å². The average Bonchev–Trinajstić information content (AvgIpc) is 2.68. The SMILES string of the molecule is O=C(NCc1ccccc1)C1CCN(C/C=C/c2ccccc2)CC1. The van der Waals surface area contributed by atoms with Crippen molar-refractivity contribution in [2.45, 2.75) is 19.4 Å². The lowest BCUT2D eigenvalue weighted by molar-refractivity contribution is -0.126. The molecule has 1 saturated heterocycles. The Morgan fingerprint density at radius 2 is 1.64 bits per heavy atom. The van der Waals surface area contributed by atoms with Crippen LogP contribution in [0.1, 0.15) is 24.0 Å². The molecule has 1 fully saturated rings. The Morgan fingerprint density at radius 3 is 2.32 bits per heavy atom. The second-order valence-corrected chi connectivity index (χ2v) is 6.59. The highest BCUT2D eigenvalue weighted by atomic mass is 16.1. The summed E-state index contributed by atoms with van der Waals surface area (Å²) in [6.45, 7) is 3.55. The first kappa shape index (κ1) is 17.4. The van der Waals surface area contributed by atoms with E-state index in [1.807, 2.05) is 36.4 Å². The first-order chi connectivity index (χ1) is 12.3. The molecule has 0 unspecified atom stereocenters. The smallest absolute Gasteiger partial charge is 0.223 e. The molecule has 1 N–H and O–H groups in total. The van der Waals surface area contributed by atoms with Crippen molar-refractivity contribution >= 4 is 12.0 Å². The van der Waals surface area contributed by atoms with Gasteiger partial charge in [-0.2, -0.15) is 0 Å². The number of nitrogens with one attached hydrogen (secondary N) is 1. The molecule has 0 radical (unpaired) electrons. The lowest BCUT2D eigenvalue weighted by Gasteiger charge is -2.30. The van der Waals surface area contributed by atoms with Gasteiger partial charge in [-0.3, -0.25) is 9.69 Å². The standard InChI is InChI=1S/C22H26N2O/c25-22(23-18-20-10-5-2-6-11-20)21-13-16-24(17-14-21)15-7-12-19-8-3-1-4-9-19/h1-12,21H,13-18H2,(H,23,25)/b12-7+. The quantitative estimate of drug-likeness (QED) is 0.873. The first-order valence-electron chi connectivity index (χ1n) is 9.07. The predicted molar refractivity (Wildman–Crippen MR) is 103 cm³/mol. The van der Waals surface area contributed by atoms with E-state index in [-0.39, 0.29) is 11.8 Å². The molecule has 0 bridgehead atoms. The molecule has 3 nitrogen and oxygen atoms in total. The molecule has 2 aromatic carbocycles. The molecule has 2 aromatic rings. The molecule has 130 valence electrons. The van der Waals surface area contributed by atoms with Crippen LogP contribution in [0.2, 0.25) is 0 Å². The molecule has 0 spiro atoms. The van der Waals surface area contributed by atoms with Crippen LogP contribution in [0.5, 0.6) is 0 Å². The lowest BCUT2D eigenvalue weighted by Crippen LogP contribution is -2.40. The predicted octanol–water partition coefficient (Wildman–Crippen LogP) is 3.73. The highest BCUT2D eigenvalue weighted by Crippen LogP contribution is 2.17. The largest absolute Gasteiger partial charge is 0.352 e. The summed E-state index contributed by atoms with van der Waals surface area (Å²) in [5, 5.41) is 3.08. The number of nitrogens with zero attached hydrogens (tertiary/aromatic N) is 1. The molecule has 1 aliphatic heterocycles. The van der Waals surface area contributed by atoms with Gasteiger partial charge in [-0.15, -0.1) is 0 Å². The number of hydrogen-bond acceptors (Lipinski definition) is 2. The van der Waals surface area contributed by atoms with Crippen molar-refractivity contribution in [3.05, 3.63) is 77.9 Å². The number of carbonyl (C=O) groups is 1. The average molecular weight is 334 g/mol. The zero-order chi connectivity index (χ0) is 17.3. The number of likely N-dealkylation sites (tertiary alicyclic amines) is 1. The van der Waals surface area contributed by atoms with Crippen molar-refractivity contribution in [3.63, 3.8) is 0 Å². The lowest BCUT2D eigenvalue weighted by atomic mass is 9.96. The van der Waals surface area contributed by atoms with Crippen molar-refractivity contribution in [2.75, 3.05) is 19.6 Å². The maximum atomic E-state index is 12.3. The molecule has 0 saturated carbocycles. The van der Waals surface area contributed by atoms with E-state index < -0.39 is 0 Å². The topological polar surface area (TPSA) is 32.3 Å². The third kappa shape index (κ3) is 5.57. The van der Waals surface area contributed by atoms with Crippen LogP contribution < -0.4 is 5.32 Å². The first-order valence-corrected chi connectivity index (χ1v) is 9.07. The molecule has 3 heteroatoms. The summed E-state index contributed by atoms with van der Waals surface area (Å²) >= 11 is 0. The van der Waals surface area contributed by atoms with Crippen molar-refractivity contribution in [1.82, 2.24) is 10.2 Å². The minimum atomic E-state index is 0.151. The Morgan fingerprint density at radius 1 is 1.00 bits per heavy atom. The van der Waals surface area contributed by atoms with Crippen LogP contribution in [0.25, 0.3) is 6.08 Å². The van der Waals surface area contributed by atoms with Gasteiger partial charge in [0.25, 0.3) is 0 Å². The zero-order valence-corrected chi connectivity index (χ0v) is 14.6. The zero-order valence-electron chi connectivity index (χ0n) is 14.6. The van der Waals surface area contributed by atoms with Gasteiger partial charge >= 0.3 is 0 Å². The summed E-state index contributed by atoms with van der Waals surface area (Å²) in [6, 6.07) is 20.5. The Kier molecular flexibility index (Phi) is 6.41. The number of benzene rings is 2. The van der Waals surface area contributed by atoms with Gasteiger partial charge in [0.15, 0.2) is 0 Å². The number of rotatable bonds is 6. The summed E-state index contributed by atoms with van der Waals surface area (Å²) < 4.78 is 0. The molecule has 0 aliphatic carbocycles. The van der Waals surface area contributed by atoms with Gasteiger partial charge < -0.3 is 5.32 Å². The highest BCUT2D eigenvalue weighted by molar-refractivity contribution is 5.78. The number of hydrogen-bond donors (Lipinski definition) is 1. The fraction of sp³-hybridized carbons (Fsp3) is 0.318. The fourth-order valence-corrected chi connectivity index (χ4v) is 3.21. The van der Waals surface area contributed by atoms with Gasteiger partial charge in [0.1, 0.15) is 0 Å². The van der Waals surface area contributed by atoms with Gasteiger partial charge in [0.2, 0.25) is 5.91 Å². The second kappa shape index (κ2) is 9.19. The maximum Gasteiger partial charge on any atom is 0.223 e. The number of amides is 1. The van der Waals surface area contributed by atoms with E-state index in [9.17, 15) is 4.79 Å². The summed E-state index contributed by atoms with van der Waals surface area (Å²) in [5.41, 5.74) is 2.39. The van der Waals surface area contributed by atoms with Crippen molar-refractivity contribution < 1.29 is 4.79 Å². The molecule has 1 amide bonds. The normalized spacial score (nSPS) is 16.2. The van der Waals surface area contributed by atoms with Crippen LogP contribution in [0.15, 0.2) is 66.7 Å². The van der Waals surface area contributed by atoms with Crippen LogP contribution in [-0.4, -0.2) is 30.4 Å². The van der Waals surface area contributed by atoms with Gasteiger partial charge in [-0.1, -0.05) is 72.8 Å². The number of piperidine rings is 1. The fourth-order valence-electron chi connectivity index (χ4n) is 3.21. The maximum absolute atomic E-state index is 12.3. The Balaban J connectivity index is 1.38. The molecular formula is C22H26N2O. The van der Waals surface area contributed by atoms with E-state index in [2.05, 4.69) is 46.6 Å². The van der Waals surface area contributed by atoms with Crippen LogP contribution in [-0.2, 0) is 11.3 Å². The monoisotopic (exact) mass is 334 g/mol. The molecule has 0 aromatic heterocycles. The Labute approximate surface area is 150 Å². The van der Waals surface area contributed by atoms with Gasteiger partial charge in [0.05, 0.1) is 0 Å². The van der Waals surface area contributed by atoms with E-state index in [4.69, 9.17) is 0 Å². The second-order valence-electron chi connectivity index (χ2n) is 6.59. The summed E-state index contributed by atoms with van der Waals surface area (Å²) in [4.78, 5) is 14.8. The third-order valence-electron chi connectivity index (χ3n) is 4.74. The summed E-state index contributed by atoms with van der Waals surface area (Å²) in [6.07, 6.45) is 6.27. The molecule has 3 rings (SSSR count). The van der Waals surface area contributed by atoms with Crippen LogP contribution in [0.3, 0.4) is 0 Å². The van der Waals surface area contributed by atoms with Crippen molar-refractivity contribution in [1.29, 1.82) is 0 Å². The third-order valence-corrected chi connectivity index (χ3v) is 4.74. The van der Waals surface area contributed by atoms with E-state index in [1.165, 1.54) is 5.56 Å². The number of carbonyl (C=O) groups excluding carboxylic acids is 1. The van der Waals surface area contributed by atoms with Crippen LogP contribution in [0.4, 0.5) is 0 Å². The molecule has 1 aliphatic rings. The van der Waals surface area contributed by atoms with E-state index in [0.29, 0.717) is 6.54 Å². The highest BCUT2D eigenvalue weighted by Gasteiger charge is 2.24. The van der Waals surface area contributed by atoms with E-state index >= 15 is 0 Å². The Hall–Kier alpha value is -2.39. The molecule has 0 atom stereocenters. The van der Waals surface area contributed by atoms with Crippen LogP contribution in [0, 0.1) is 5.92 Å². The van der Waals surface area contributed by atoms with Crippen molar-refractivity contribution in [2.24, 2.45) is 5.92 Å².